The van der Waals surface area contributed by atoms with Crippen molar-refractivity contribution in [3.8, 4) is 0 Å². The van der Waals surface area contributed by atoms with Gasteiger partial charge in [-0.15, -0.1) is 0 Å². The van der Waals surface area contributed by atoms with E-state index in [1.54, 1.807) is 48.5 Å². The zero-order valence-corrected chi connectivity index (χ0v) is 14.3. The van der Waals surface area contributed by atoms with E-state index in [0.29, 0.717) is 21.2 Å². The minimum absolute atomic E-state index is 0.0962. The van der Waals surface area contributed by atoms with E-state index in [1.165, 1.54) is 13.2 Å². The third kappa shape index (κ3) is 5.11. The molecule has 0 aliphatic rings. The molecule has 0 amide bonds. The van der Waals surface area contributed by atoms with Crippen molar-refractivity contribution in [1.29, 1.82) is 0 Å². The first-order valence-corrected chi connectivity index (χ1v) is 7.72. The van der Waals surface area contributed by atoms with E-state index in [1.807, 2.05) is 0 Å². The molecular weight excluding hydrogens is 351 g/mol. The molecule has 0 saturated carbocycles. The van der Waals surface area contributed by atoms with Gasteiger partial charge in [-0.2, -0.15) is 0 Å². The second-order valence-corrected chi connectivity index (χ2v) is 5.64. The molecular formula is C18H14Cl2O4. The van der Waals surface area contributed by atoms with Crippen LogP contribution in [-0.2, 0) is 20.9 Å². The van der Waals surface area contributed by atoms with Gasteiger partial charge in [-0.3, -0.25) is 0 Å². The lowest BCUT2D eigenvalue weighted by atomic mass is 10.1. The third-order valence-electron chi connectivity index (χ3n) is 3.12. The molecule has 0 radical (unpaired) electrons. The molecule has 0 fully saturated rings. The summed E-state index contributed by atoms with van der Waals surface area (Å²) in [6, 6.07) is 11.6. The Morgan fingerprint density at radius 3 is 2.42 bits per heavy atom. The second-order valence-electron chi connectivity index (χ2n) is 4.80. The molecule has 0 unspecified atom stereocenters. The molecule has 124 valence electrons. The van der Waals surface area contributed by atoms with Crippen LogP contribution in [0.5, 0.6) is 0 Å². The van der Waals surface area contributed by atoms with Crippen molar-refractivity contribution in [2.45, 2.75) is 6.61 Å². The van der Waals surface area contributed by atoms with E-state index in [-0.39, 0.29) is 6.61 Å². The molecule has 24 heavy (non-hydrogen) atoms. The predicted molar refractivity (Wildman–Crippen MR) is 93.1 cm³/mol. The van der Waals surface area contributed by atoms with Crippen LogP contribution in [0.15, 0.2) is 48.5 Å². The van der Waals surface area contributed by atoms with E-state index in [4.69, 9.17) is 27.9 Å². The summed E-state index contributed by atoms with van der Waals surface area (Å²) in [4.78, 5) is 23.1. The van der Waals surface area contributed by atoms with Crippen LogP contribution in [0.2, 0.25) is 10.0 Å². The van der Waals surface area contributed by atoms with Crippen LogP contribution in [0.3, 0.4) is 0 Å². The fourth-order valence-corrected chi connectivity index (χ4v) is 2.32. The number of halogens is 2. The molecule has 0 N–H and O–H groups in total. The third-order valence-corrected chi connectivity index (χ3v) is 3.68. The first-order valence-electron chi connectivity index (χ1n) is 6.97. The number of rotatable bonds is 5. The van der Waals surface area contributed by atoms with Crippen molar-refractivity contribution in [2.75, 3.05) is 7.11 Å². The molecule has 2 aromatic rings. The van der Waals surface area contributed by atoms with Crippen molar-refractivity contribution < 1.29 is 19.1 Å². The highest BCUT2D eigenvalue weighted by atomic mass is 35.5. The summed E-state index contributed by atoms with van der Waals surface area (Å²) < 4.78 is 9.74. The van der Waals surface area contributed by atoms with Gasteiger partial charge in [0.1, 0.15) is 6.61 Å². The van der Waals surface area contributed by atoms with Gasteiger partial charge >= 0.3 is 11.9 Å². The smallest absolute Gasteiger partial charge is 0.337 e. The van der Waals surface area contributed by atoms with E-state index in [2.05, 4.69) is 4.74 Å². The molecule has 0 aliphatic heterocycles. The summed E-state index contributed by atoms with van der Waals surface area (Å²) in [5, 5.41) is 0.972. The summed E-state index contributed by atoms with van der Waals surface area (Å²) in [7, 11) is 1.32. The molecule has 0 bridgehead atoms. The monoisotopic (exact) mass is 364 g/mol. The molecule has 4 nitrogen and oxygen atoms in total. The lowest BCUT2D eigenvalue weighted by Crippen LogP contribution is -2.03. The maximum Gasteiger partial charge on any atom is 0.337 e. The molecule has 0 spiro atoms. The Bertz CT molecular complexity index is 767. The van der Waals surface area contributed by atoms with Crippen molar-refractivity contribution in [1.82, 2.24) is 0 Å². The summed E-state index contributed by atoms with van der Waals surface area (Å²) in [6.45, 7) is 0.0962. The number of esters is 2. The number of benzene rings is 2. The van der Waals surface area contributed by atoms with Crippen LogP contribution in [-0.4, -0.2) is 19.0 Å². The number of hydrogen-bond acceptors (Lipinski definition) is 4. The SMILES string of the molecule is COC(=O)c1ccc(COC(=O)/C=C/c2ccc(Cl)cc2Cl)cc1. The average Bonchev–Trinajstić information content (AvgIpc) is 2.59. The van der Waals surface area contributed by atoms with Gasteiger partial charge in [0.15, 0.2) is 0 Å². The van der Waals surface area contributed by atoms with E-state index < -0.39 is 11.9 Å². The van der Waals surface area contributed by atoms with Crippen LogP contribution in [0.25, 0.3) is 6.08 Å². The largest absolute Gasteiger partial charge is 0.465 e. The second kappa shape index (κ2) is 8.52. The van der Waals surface area contributed by atoms with Gasteiger partial charge in [0.25, 0.3) is 0 Å². The average molecular weight is 365 g/mol. The summed E-state index contributed by atoms with van der Waals surface area (Å²) in [5.74, 6) is -0.917. The number of carbonyl (C=O) groups is 2. The van der Waals surface area contributed by atoms with Gasteiger partial charge in [-0.25, -0.2) is 9.59 Å². The van der Waals surface area contributed by atoms with Crippen molar-refractivity contribution in [2.24, 2.45) is 0 Å². The van der Waals surface area contributed by atoms with Gasteiger partial charge in [-0.1, -0.05) is 41.4 Å². The van der Waals surface area contributed by atoms with Crippen LogP contribution < -0.4 is 0 Å². The fourth-order valence-electron chi connectivity index (χ4n) is 1.85. The molecule has 0 heterocycles. The van der Waals surface area contributed by atoms with Crippen molar-refractivity contribution in [3.05, 3.63) is 75.3 Å². The van der Waals surface area contributed by atoms with Gasteiger partial charge in [0.05, 0.1) is 12.7 Å². The van der Waals surface area contributed by atoms with Gasteiger partial charge in [0.2, 0.25) is 0 Å². The fraction of sp³-hybridized carbons (Fsp3) is 0.111. The number of ether oxygens (including phenoxy) is 2. The lowest BCUT2D eigenvalue weighted by molar-refractivity contribution is -0.138. The Labute approximate surface area is 149 Å². The Balaban J connectivity index is 1.91. The normalized spacial score (nSPS) is 10.6. The zero-order chi connectivity index (χ0) is 17.5. The van der Waals surface area contributed by atoms with Crippen molar-refractivity contribution >= 4 is 41.2 Å². The van der Waals surface area contributed by atoms with Crippen LogP contribution in [0.4, 0.5) is 0 Å². The molecule has 0 atom stereocenters. The first kappa shape index (κ1) is 18.0. The quantitative estimate of drug-likeness (QED) is 0.577. The molecule has 0 saturated heterocycles. The van der Waals surface area contributed by atoms with Crippen molar-refractivity contribution in [3.63, 3.8) is 0 Å². The Kier molecular flexibility index (Phi) is 6.41. The summed E-state index contributed by atoms with van der Waals surface area (Å²) in [5.41, 5.74) is 1.86. The number of carbonyl (C=O) groups excluding carboxylic acids is 2. The summed E-state index contributed by atoms with van der Waals surface area (Å²) in [6.07, 6.45) is 2.85. The molecule has 2 rings (SSSR count). The highest BCUT2D eigenvalue weighted by Crippen LogP contribution is 2.22. The molecule has 0 aliphatic carbocycles. The topological polar surface area (TPSA) is 52.6 Å². The maximum atomic E-state index is 11.7. The number of methoxy groups -OCH3 is 1. The Morgan fingerprint density at radius 1 is 1.08 bits per heavy atom. The Morgan fingerprint density at radius 2 is 1.79 bits per heavy atom. The van der Waals surface area contributed by atoms with E-state index in [9.17, 15) is 9.59 Å². The standard InChI is InChI=1S/C18H14Cl2O4/c1-23-18(22)14-4-2-12(3-5-14)11-24-17(21)9-7-13-6-8-15(19)10-16(13)20/h2-10H,11H2,1H3/b9-7+. The zero-order valence-electron chi connectivity index (χ0n) is 12.8. The lowest BCUT2D eigenvalue weighted by Gasteiger charge is -2.04. The van der Waals surface area contributed by atoms with Gasteiger partial charge in [-0.05, 0) is 41.5 Å². The summed E-state index contributed by atoms with van der Waals surface area (Å²) >= 11 is 11.8. The van der Waals surface area contributed by atoms with Gasteiger partial charge in [0, 0.05) is 16.1 Å². The predicted octanol–water partition coefficient (Wildman–Crippen LogP) is 4.54. The van der Waals surface area contributed by atoms with E-state index in [0.717, 1.165) is 5.56 Å². The highest BCUT2D eigenvalue weighted by molar-refractivity contribution is 6.35. The molecule has 6 heteroatoms. The maximum absolute atomic E-state index is 11.7. The number of hydrogen-bond donors (Lipinski definition) is 0. The molecule has 2 aromatic carbocycles. The minimum Gasteiger partial charge on any atom is -0.465 e. The van der Waals surface area contributed by atoms with Crippen LogP contribution in [0.1, 0.15) is 21.5 Å². The van der Waals surface area contributed by atoms with Gasteiger partial charge < -0.3 is 9.47 Å². The minimum atomic E-state index is -0.502. The highest BCUT2D eigenvalue weighted by Gasteiger charge is 2.05. The van der Waals surface area contributed by atoms with E-state index >= 15 is 0 Å². The molecule has 0 aromatic heterocycles. The Hall–Kier alpha value is -2.30. The van der Waals surface area contributed by atoms with Crippen LogP contribution >= 0.6 is 23.2 Å². The first-order chi connectivity index (χ1) is 11.5. The van der Waals surface area contributed by atoms with Crippen LogP contribution in [0, 0.1) is 0 Å².